The molecule has 0 aliphatic rings. The molecule has 0 spiro atoms. The highest BCUT2D eigenvalue weighted by Gasteiger charge is 2.24. The first-order chi connectivity index (χ1) is 11.0. The molecular formula is C16H18N2O5. The minimum atomic E-state index is -1.10. The summed E-state index contributed by atoms with van der Waals surface area (Å²) >= 11 is 0. The number of nitrogens with zero attached hydrogens (tertiary/aromatic N) is 2. The predicted molar refractivity (Wildman–Crippen MR) is 82.1 cm³/mol. The Bertz CT molecular complexity index is 681. The lowest BCUT2D eigenvalue weighted by molar-refractivity contribution is -0.137. The fourth-order valence-corrected chi connectivity index (χ4v) is 2.07. The Morgan fingerprint density at radius 3 is 2.61 bits per heavy atom. The minimum absolute atomic E-state index is 0.112. The van der Waals surface area contributed by atoms with Gasteiger partial charge in [-0.05, 0) is 19.1 Å². The van der Waals surface area contributed by atoms with E-state index in [1.165, 1.54) is 12.0 Å². The molecule has 0 saturated heterocycles. The maximum absolute atomic E-state index is 12.5. The second kappa shape index (κ2) is 7.55. The first kappa shape index (κ1) is 16.7. The van der Waals surface area contributed by atoms with E-state index in [2.05, 4.69) is 4.98 Å². The van der Waals surface area contributed by atoms with Gasteiger partial charge in [0.2, 0.25) is 5.89 Å². The van der Waals surface area contributed by atoms with Crippen LogP contribution in [0.5, 0.6) is 0 Å². The second-order valence-corrected chi connectivity index (χ2v) is 4.90. The van der Waals surface area contributed by atoms with E-state index >= 15 is 0 Å². The molecule has 0 unspecified atom stereocenters. The summed E-state index contributed by atoms with van der Waals surface area (Å²) in [5.74, 6) is -0.915. The highest BCUT2D eigenvalue weighted by atomic mass is 16.5. The lowest BCUT2D eigenvalue weighted by Crippen LogP contribution is -2.38. The molecule has 0 atom stereocenters. The lowest BCUT2D eigenvalue weighted by atomic mass is 10.2. The molecule has 0 saturated carbocycles. The van der Waals surface area contributed by atoms with Gasteiger partial charge in [0.05, 0.1) is 6.61 Å². The summed E-state index contributed by atoms with van der Waals surface area (Å²) in [7, 11) is 1.48. The smallest absolute Gasteiger partial charge is 0.323 e. The van der Waals surface area contributed by atoms with E-state index in [0.717, 1.165) is 5.56 Å². The van der Waals surface area contributed by atoms with E-state index in [1.54, 1.807) is 6.92 Å². The maximum Gasteiger partial charge on any atom is 0.323 e. The SMILES string of the molecule is COCCN(CC(=O)O)C(=O)c1nc(-c2ccccc2)oc1C. The molecule has 0 fully saturated rings. The molecule has 2 rings (SSSR count). The maximum atomic E-state index is 12.5. The molecule has 0 aliphatic carbocycles. The summed E-state index contributed by atoms with van der Waals surface area (Å²) in [6, 6.07) is 9.18. The summed E-state index contributed by atoms with van der Waals surface area (Å²) in [6.07, 6.45) is 0. The van der Waals surface area contributed by atoms with E-state index in [-0.39, 0.29) is 18.8 Å². The van der Waals surface area contributed by atoms with Crippen LogP contribution >= 0.6 is 0 Å². The number of carbonyl (C=O) groups excluding carboxylic acids is 1. The molecule has 23 heavy (non-hydrogen) atoms. The summed E-state index contributed by atoms with van der Waals surface area (Å²) in [5.41, 5.74) is 0.859. The van der Waals surface area contributed by atoms with Crippen LogP contribution in [-0.4, -0.2) is 53.7 Å². The van der Waals surface area contributed by atoms with Crippen molar-refractivity contribution in [3.05, 3.63) is 41.8 Å². The summed E-state index contributed by atoms with van der Waals surface area (Å²) in [6.45, 7) is 1.60. The Hall–Kier alpha value is -2.67. The first-order valence-corrected chi connectivity index (χ1v) is 7.05. The molecule has 0 aliphatic heterocycles. The van der Waals surface area contributed by atoms with Gasteiger partial charge < -0.3 is 19.2 Å². The molecule has 1 N–H and O–H groups in total. The number of aliphatic carboxylic acids is 1. The number of carboxylic acid groups (broad SMARTS) is 1. The first-order valence-electron chi connectivity index (χ1n) is 7.05. The third-order valence-electron chi connectivity index (χ3n) is 3.20. The molecule has 1 amide bonds. The Labute approximate surface area is 133 Å². The van der Waals surface area contributed by atoms with Gasteiger partial charge in [0.1, 0.15) is 12.3 Å². The zero-order valence-electron chi connectivity index (χ0n) is 13.0. The Morgan fingerprint density at radius 2 is 2.00 bits per heavy atom. The number of rotatable bonds is 7. The molecule has 1 heterocycles. The zero-order chi connectivity index (χ0) is 16.8. The van der Waals surface area contributed by atoms with Crippen molar-refractivity contribution in [2.24, 2.45) is 0 Å². The third-order valence-corrected chi connectivity index (χ3v) is 3.20. The largest absolute Gasteiger partial charge is 0.480 e. The number of carbonyl (C=O) groups is 2. The molecule has 0 bridgehead atoms. The van der Waals surface area contributed by atoms with Crippen LogP contribution in [0.2, 0.25) is 0 Å². The average Bonchev–Trinajstić information content (AvgIpc) is 2.93. The summed E-state index contributed by atoms with van der Waals surface area (Å²) in [5, 5.41) is 8.95. The number of ether oxygens (including phenoxy) is 1. The van der Waals surface area contributed by atoms with Crippen LogP contribution in [0, 0.1) is 6.92 Å². The molecule has 7 heteroatoms. The predicted octanol–water partition coefficient (Wildman–Crippen LogP) is 1.82. The number of aryl methyl sites for hydroxylation is 1. The Morgan fingerprint density at radius 1 is 1.30 bits per heavy atom. The average molecular weight is 318 g/mol. The topological polar surface area (TPSA) is 92.9 Å². The van der Waals surface area contributed by atoms with Crippen molar-refractivity contribution in [2.75, 3.05) is 26.8 Å². The quantitative estimate of drug-likeness (QED) is 0.837. The molecular weight excluding hydrogens is 300 g/mol. The number of benzene rings is 1. The van der Waals surface area contributed by atoms with Crippen LogP contribution in [-0.2, 0) is 9.53 Å². The van der Waals surface area contributed by atoms with Crippen molar-refractivity contribution in [1.82, 2.24) is 9.88 Å². The Balaban J connectivity index is 2.26. The second-order valence-electron chi connectivity index (χ2n) is 4.90. The van der Waals surface area contributed by atoms with Gasteiger partial charge in [-0.15, -0.1) is 0 Å². The van der Waals surface area contributed by atoms with Gasteiger partial charge >= 0.3 is 5.97 Å². The van der Waals surface area contributed by atoms with Gasteiger partial charge in [-0.3, -0.25) is 9.59 Å². The number of hydrogen-bond donors (Lipinski definition) is 1. The van der Waals surface area contributed by atoms with E-state index in [0.29, 0.717) is 11.7 Å². The van der Waals surface area contributed by atoms with Crippen molar-refractivity contribution >= 4 is 11.9 Å². The van der Waals surface area contributed by atoms with Crippen LogP contribution < -0.4 is 0 Å². The van der Waals surface area contributed by atoms with Crippen molar-refractivity contribution in [3.8, 4) is 11.5 Å². The monoisotopic (exact) mass is 318 g/mol. The van der Waals surface area contributed by atoms with Crippen molar-refractivity contribution in [2.45, 2.75) is 6.92 Å². The van der Waals surface area contributed by atoms with Crippen molar-refractivity contribution < 1.29 is 23.8 Å². The fourth-order valence-electron chi connectivity index (χ4n) is 2.07. The van der Waals surface area contributed by atoms with Gasteiger partial charge in [0.25, 0.3) is 5.91 Å². The highest BCUT2D eigenvalue weighted by molar-refractivity contribution is 5.95. The third kappa shape index (κ3) is 4.17. The van der Waals surface area contributed by atoms with Crippen molar-refractivity contribution in [3.63, 3.8) is 0 Å². The number of carboxylic acids is 1. The van der Waals surface area contributed by atoms with Gasteiger partial charge in [0, 0.05) is 19.2 Å². The number of amides is 1. The van der Waals surface area contributed by atoms with Gasteiger partial charge in [0.15, 0.2) is 5.69 Å². The van der Waals surface area contributed by atoms with Gasteiger partial charge in [-0.2, -0.15) is 0 Å². The van der Waals surface area contributed by atoms with Crippen molar-refractivity contribution in [1.29, 1.82) is 0 Å². The molecule has 1 aromatic carbocycles. The molecule has 2 aromatic rings. The van der Waals surface area contributed by atoms with E-state index in [9.17, 15) is 9.59 Å². The van der Waals surface area contributed by atoms with E-state index in [4.69, 9.17) is 14.3 Å². The normalized spacial score (nSPS) is 10.5. The molecule has 0 radical (unpaired) electrons. The molecule has 7 nitrogen and oxygen atoms in total. The molecule has 1 aromatic heterocycles. The van der Waals surface area contributed by atoms with Crippen LogP contribution in [0.1, 0.15) is 16.2 Å². The van der Waals surface area contributed by atoms with Crippen LogP contribution in [0.4, 0.5) is 0 Å². The number of hydrogen-bond acceptors (Lipinski definition) is 5. The number of methoxy groups -OCH3 is 1. The molecule has 122 valence electrons. The fraction of sp³-hybridized carbons (Fsp3) is 0.312. The zero-order valence-corrected chi connectivity index (χ0v) is 13.0. The van der Waals surface area contributed by atoms with Gasteiger partial charge in [-0.25, -0.2) is 4.98 Å². The van der Waals surface area contributed by atoms with Crippen LogP contribution in [0.3, 0.4) is 0 Å². The number of oxazole rings is 1. The summed E-state index contributed by atoms with van der Waals surface area (Å²) < 4.78 is 10.5. The van der Waals surface area contributed by atoms with Gasteiger partial charge in [-0.1, -0.05) is 18.2 Å². The Kier molecular flexibility index (Phi) is 5.48. The minimum Gasteiger partial charge on any atom is -0.480 e. The number of aromatic nitrogens is 1. The van der Waals surface area contributed by atoms with E-state index < -0.39 is 18.4 Å². The van der Waals surface area contributed by atoms with Crippen LogP contribution in [0.25, 0.3) is 11.5 Å². The summed E-state index contributed by atoms with van der Waals surface area (Å²) in [4.78, 5) is 28.9. The highest BCUT2D eigenvalue weighted by Crippen LogP contribution is 2.22. The standard InChI is InChI=1S/C16H18N2O5/c1-11-14(16(21)18(8-9-22-2)10-13(19)20)17-15(23-11)12-6-4-3-5-7-12/h3-7H,8-10H2,1-2H3,(H,19,20). The lowest BCUT2D eigenvalue weighted by Gasteiger charge is -2.19. The van der Waals surface area contributed by atoms with Crippen LogP contribution in [0.15, 0.2) is 34.7 Å². The van der Waals surface area contributed by atoms with E-state index in [1.807, 2.05) is 30.3 Å².